The summed E-state index contributed by atoms with van der Waals surface area (Å²) in [5.41, 5.74) is 11.0. The number of aldehydes is 1. The third-order valence-electron chi connectivity index (χ3n) is 7.39. The van der Waals surface area contributed by atoms with Crippen LogP contribution in [0, 0.1) is 0 Å². The summed E-state index contributed by atoms with van der Waals surface area (Å²) in [5, 5.41) is 0.856. The van der Waals surface area contributed by atoms with Crippen molar-refractivity contribution in [2.24, 2.45) is 10.7 Å². The van der Waals surface area contributed by atoms with Crippen molar-refractivity contribution in [1.82, 2.24) is 14.9 Å². The molecule has 9 nitrogen and oxygen atoms in total. The molecule has 1 unspecified atom stereocenters. The van der Waals surface area contributed by atoms with Crippen LogP contribution < -0.4 is 10.6 Å². The number of benzene rings is 1. The highest BCUT2D eigenvalue weighted by Crippen LogP contribution is 2.47. The van der Waals surface area contributed by atoms with Gasteiger partial charge in [-0.2, -0.15) is 0 Å². The van der Waals surface area contributed by atoms with E-state index in [2.05, 4.69) is 9.89 Å². The second-order valence-corrected chi connectivity index (χ2v) is 11.1. The maximum absolute atomic E-state index is 12.4. The number of fused-ring (bicyclic) bond motifs is 3. The van der Waals surface area contributed by atoms with Crippen molar-refractivity contribution in [1.29, 1.82) is 0 Å². The fourth-order valence-electron chi connectivity index (χ4n) is 5.38. The van der Waals surface area contributed by atoms with Gasteiger partial charge < -0.3 is 20.3 Å². The molecule has 5 rings (SSSR count). The van der Waals surface area contributed by atoms with E-state index in [4.69, 9.17) is 32.0 Å². The smallest absolute Gasteiger partial charge is 0.270 e. The van der Waals surface area contributed by atoms with Crippen LogP contribution in [0.2, 0.25) is 0 Å². The zero-order chi connectivity index (χ0) is 27.0. The molecule has 0 fully saturated rings. The van der Waals surface area contributed by atoms with Gasteiger partial charge in [0.2, 0.25) is 0 Å². The number of aromatic nitrogens is 2. The molecule has 0 bridgehead atoms. The lowest BCUT2D eigenvalue weighted by atomic mass is 9.86. The van der Waals surface area contributed by atoms with Crippen molar-refractivity contribution in [2.45, 2.75) is 43.0 Å². The van der Waals surface area contributed by atoms with Gasteiger partial charge >= 0.3 is 0 Å². The Morgan fingerprint density at radius 3 is 2.87 bits per heavy atom. The largest absolute Gasteiger partial charge is 0.393 e. The first-order chi connectivity index (χ1) is 18.3. The summed E-state index contributed by atoms with van der Waals surface area (Å²) in [6, 6.07) is 5.86. The number of anilines is 1. The summed E-state index contributed by atoms with van der Waals surface area (Å²) >= 11 is 8.09. The van der Waals surface area contributed by atoms with E-state index in [0.717, 1.165) is 48.2 Å². The summed E-state index contributed by atoms with van der Waals surface area (Å²) < 4.78 is 6.62. The molecule has 0 saturated carbocycles. The Morgan fingerprint density at radius 1 is 1.32 bits per heavy atom. The molecule has 1 atom stereocenters. The number of nitrogens with zero attached hydrogens (tertiary/aromatic N) is 5. The molecule has 1 amide bonds. The predicted octanol–water partition coefficient (Wildman–Crippen LogP) is 3.07. The first kappa shape index (κ1) is 26.6. The number of aryl methyl sites for hydroxylation is 1. The molecule has 0 saturated heterocycles. The van der Waals surface area contributed by atoms with Gasteiger partial charge in [-0.05, 0) is 42.7 Å². The van der Waals surface area contributed by atoms with Crippen LogP contribution in [0.4, 0.5) is 5.82 Å². The molecule has 1 aromatic carbocycles. The van der Waals surface area contributed by atoms with E-state index in [1.165, 1.54) is 22.2 Å². The van der Waals surface area contributed by atoms with E-state index in [0.29, 0.717) is 49.1 Å². The number of amides is 1. The van der Waals surface area contributed by atoms with Gasteiger partial charge in [-0.1, -0.05) is 35.5 Å². The highest BCUT2D eigenvalue weighted by atomic mass is 35.5. The molecule has 0 radical (unpaired) electrons. The van der Waals surface area contributed by atoms with Crippen molar-refractivity contribution < 1.29 is 14.3 Å². The summed E-state index contributed by atoms with van der Waals surface area (Å²) in [4.78, 5) is 41.9. The van der Waals surface area contributed by atoms with Crippen molar-refractivity contribution in [3.63, 3.8) is 0 Å². The van der Waals surface area contributed by atoms with Gasteiger partial charge in [0.05, 0.1) is 35.2 Å². The lowest BCUT2D eigenvalue weighted by Gasteiger charge is -2.37. The zero-order valence-electron chi connectivity index (χ0n) is 21.8. The number of hydrogen-bond donors (Lipinski definition) is 1. The van der Waals surface area contributed by atoms with Crippen LogP contribution in [0.25, 0.3) is 0 Å². The second kappa shape index (κ2) is 10.7. The van der Waals surface area contributed by atoms with Gasteiger partial charge in [-0.15, -0.1) is 0 Å². The first-order valence-electron chi connectivity index (χ1n) is 12.6. The molecule has 11 heteroatoms. The zero-order valence-corrected chi connectivity index (χ0v) is 23.4. The highest BCUT2D eigenvalue weighted by Gasteiger charge is 2.44. The number of ether oxygens (including phenoxy) is 1. The quantitative estimate of drug-likeness (QED) is 0.260. The molecular formula is C27H31ClN6O3S. The number of rotatable bonds is 5. The van der Waals surface area contributed by atoms with Crippen molar-refractivity contribution in [3.05, 3.63) is 56.9 Å². The number of carbonyl (C=O) groups is 2. The van der Waals surface area contributed by atoms with Gasteiger partial charge in [-0.25, -0.2) is 9.97 Å². The van der Waals surface area contributed by atoms with Crippen LogP contribution in [0.3, 0.4) is 0 Å². The Kier molecular flexibility index (Phi) is 7.48. The SMILES string of the molecule is CSc1nc2c(c(N3CCCN=C(/C(Cl)=C(\N)C(=O)N(C)C)C3)n1)COC1(CCc3ccc(C=O)cc31)C2. The molecule has 1 spiro atoms. The lowest BCUT2D eigenvalue weighted by molar-refractivity contribution is -0.124. The normalized spacial score (nSPS) is 21.3. The van der Waals surface area contributed by atoms with E-state index >= 15 is 0 Å². The molecule has 3 heterocycles. The number of hydrogen-bond acceptors (Lipinski definition) is 9. The monoisotopic (exact) mass is 554 g/mol. The molecule has 38 heavy (non-hydrogen) atoms. The minimum atomic E-state index is -0.499. The number of nitrogens with two attached hydrogens (primary N) is 1. The van der Waals surface area contributed by atoms with Crippen LogP contribution in [-0.4, -0.2) is 72.8 Å². The third kappa shape index (κ3) is 4.81. The summed E-state index contributed by atoms with van der Waals surface area (Å²) in [5.74, 6) is 0.441. The van der Waals surface area contributed by atoms with Gasteiger partial charge in [0.15, 0.2) is 5.16 Å². The van der Waals surface area contributed by atoms with Crippen LogP contribution in [0.1, 0.15) is 45.6 Å². The third-order valence-corrected chi connectivity index (χ3v) is 8.36. The Hall–Kier alpha value is -2.95. The predicted molar refractivity (Wildman–Crippen MR) is 149 cm³/mol. The minimum absolute atomic E-state index is 0.0216. The Morgan fingerprint density at radius 2 is 2.13 bits per heavy atom. The van der Waals surface area contributed by atoms with Gasteiger partial charge in [-0.3, -0.25) is 14.6 Å². The van der Waals surface area contributed by atoms with Crippen molar-refractivity contribution >= 4 is 47.1 Å². The first-order valence-corrected chi connectivity index (χ1v) is 14.2. The number of aliphatic imine (C=N–C) groups is 1. The molecule has 1 aliphatic carbocycles. The fourth-order valence-corrected chi connectivity index (χ4v) is 5.96. The number of halogens is 1. The van der Waals surface area contributed by atoms with Crippen LogP contribution >= 0.6 is 23.4 Å². The van der Waals surface area contributed by atoms with E-state index < -0.39 is 5.60 Å². The standard InChI is InChI=1S/C27H31ClN6O3S/c1-33(2)25(36)23(29)22(28)21-13-34(10-4-9-30-21)24-18-15-37-27(12-20(18)31-26(32-24)38-3)8-7-17-6-5-16(14-35)11-19(17)27/h5-6,11,14H,4,7-10,12-13,15,29H2,1-3H3/b23-22+. The maximum atomic E-state index is 12.4. The van der Waals surface area contributed by atoms with Crippen molar-refractivity contribution in [3.8, 4) is 0 Å². The molecule has 200 valence electrons. The molecule has 1 aromatic heterocycles. The Labute approximate surface area is 231 Å². The van der Waals surface area contributed by atoms with Crippen LogP contribution in [0.15, 0.2) is 39.1 Å². The number of carbonyl (C=O) groups excluding carboxylic acids is 2. The summed E-state index contributed by atoms with van der Waals surface area (Å²) in [6.07, 6.45) is 6.01. The van der Waals surface area contributed by atoms with E-state index in [-0.39, 0.29) is 16.6 Å². The van der Waals surface area contributed by atoms with Gasteiger partial charge in [0, 0.05) is 44.7 Å². The minimum Gasteiger partial charge on any atom is -0.393 e. The van der Waals surface area contributed by atoms with E-state index in [9.17, 15) is 9.59 Å². The maximum Gasteiger partial charge on any atom is 0.270 e. The number of likely N-dealkylation sites (N-methyl/N-ethyl adjacent to an activating group) is 1. The topological polar surface area (TPSA) is 114 Å². The second-order valence-electron chi connectivity index (χ2n) is 9.98. The molecule has 2 aromatic rings. The lowest BCUT2D eigenvalue weighted by Crippen LogP contribution is -2.38. The average molecular weight is 555 g/mol. The average Bonchev–Trinajstić information content (AvgIpc) is 3.10. The molecule has 3 aliphatic rings. The van der Waals surface area contributed by atoms with E-state index in [1.54, 1.807) is 14.1 Å². The van der Waals surface area contributed by atoms with Gasteiger partial charge in [0.25, 0.3) is 5.91 Å². The molecule has 2 aliphatic heterocycles. The van der Waals surface area contributed by atoms with Crippen molar-refractivity contribution in [2.75, 3.05) is 44.9 Å². The van der Waals surface area contributed by atoms with Crippen LogP contribution in [0.5, 0.6) is 0 Å². The molecule has 2 N–H and O–H groups in total. The Balaban J connectivity index is 1.50. The summed E-state index contributed by atoms with van der Waals surface area (Å²) in [7, 11) is 3.26. The molecular weight excluding hydrogens is 524 g/mol. The summed E-state index contributed by atoms with van der Waals surface area (Å²) in [6.45, 7) is 2.02. The van der Waals surface area contributed by atoms with Crippen LogP contribution in [-0.2, 0) is 34.6 Å². The van der Waals surface area contributed by atoms with E-state index in [1.807, 2.05) is 24.5 Å². The highest BCUT2D eigenvalue weighted by molar-refractivity contribution is 7.98. The number of thioether (sulfide) groups is 1. The fraction of sp³-hybridized carbons (Fsp3) is 0.444. The Bertz CT molecular complexity index is 1360. The van der Waals surface area contributed by atoms with Gasteiger partial charge in [0.1, 0.15) is 17.8 Å².